The van der Waals surface area contributed by atoms with Crippen LogP contribution in [-0.4, -0.2) is 22.0 Å². The molecule has 0 saturated carbocycles. The molecule has 0 bridgehead atoms. The van der Waals surface area contributed by atoms with E-state index in [1.54, 1.807) is 0 Å². The van der Waals surface area contributed by atoms with Crippen molar-refractivity contribution in [3.63, 3.8) is 0 Å². The average molecular weight is 579 g/mol. The summed E-state index contributed by atoms with van der Waals surface area (Å²) in [6.07, 6.45) is 0.962. The first kappa shape index (κ1) is 28.8. The van der Waals surface area contributed by atoms with Crippen LogP contribution in [0.1, 0.15) is 63.1 Å². The van der Waals surface area contributed by atoms with Crippen molar-refractivity contribution in [2.45, 2.75) is 41.0 Å². The van der Waals surface area contributed by atoms with Crippen molar-refractivity contribution >= 4 is 39.3 Å². The number of benzene rings is 5. The lowest BCUT2D eigenvalue weighted by atomic mass is 9.92. The maximum atomic E-state index is 14.0. The molecule has 1 aromatic heterocycles. The Morgan fingerprint density at radius 1 is 0.705 bits per heavy atom. The van der Waals surface area contributed by atoms with Gasteiger partial charge in [0.2, 0.25) is 0 Å². The summed E-state index contributed by atoms with van der Waals surface area (Å²) in [7, 11) is 0. The van der Waals surface area contributed by atoms with Gasteiger partial charge in [0, 0.05) is 45.6 Å². The number of hydrogen-bond donors (Lipinski definition) is 0. The van der Waals surface area contributed by atoms with E-state index in [1.165, 1.54) is 12.5 Å². The molecule has 5 nitrogen and oxygen atoms in total. The fourth-order valence-electron chi connectivity index (χ4n) is 6.13. The van der Waals surface area contributed by atoms with Gasteiger partial charge in [-0.15, -0.1) is 0 Å². The molecule has 5 aromatic carbocycles. The van der Waals surface area contributed by atoms with Crippen LogP contribution >= 0.6 is 0 Å². The van der Waals surface area contributed by atoms with Crippen molar-refractivity contribution in [1.29, 1.82) is 0 Å². The second-order valence-corrected chi connectivity index (χ2v) is 11.3. The van der Waals surface area contributed by atoms with E-state index >= 15 is 0 Å². The smallest absolute Gasteiger partial charge is 0.318 e. The van der Waals surface area contributed by atoms with E-state index in [-0.39, 0.29) is 5.78 Å². The average Bonchev–Trinajstić information content (AvgIpc) is 3.34. The molecule has 0 amide bonds. The molecule has 0 aliphatic rings. The summed E-state index contributed by atoms with van der Waals surface area (Å²) in [5, 5.41) is 6.17. The summed E-state index contributed by atoms with van der Waals surface area (Å²) in [5.74, 6) is -0.482. The molecule has 218 valence electrons. The number of fused-ring (bicyclic) bond motifs is 3. The number of aromatic nitrogens is 1. The summed E-state index contributed by atoms with van der Waals surface area (Å²) in [6.45, 7) is 9.53. The zero-order valence-corrected chi connectivity index (χ0v) is 25.6. The van der Waals surface area contributed by atoms with Crippen molar-refractivity contribution in [3.05, 3.63) is 148 Å². The Morgan fingerprint density at radius 2 is 1.30 bits per heavy atom. The van der Waals surface area contributed by atoms with E-state index in [2.05, 4.69) is 65.2 Å². The fraction of sp³-hybridized carbons (Fsp3) is 0.154. The van der Waals surface area contributed by atoms with Gasteiger partial charge in [0.1, 0.15) is 5.71 Å². The van der Waals surface area contributed by atoms with E-state index in [1.807, 2.05) is 75.4 Å². The molecule has 0 atom stereocenters. The minimum atomic E-state index is -0.489. The lowest BCUT2D eigenvalue weighted by molar-refractivity contribution is -0.140. The van der Waals surface area contributed by atoms with E-state index in [9.17, 15) is 9.59 Å². The fourth-order valence-corrected chi connectivity index (χ4v) is 6.13. The van der Waals surface area contributed by atoms with Crippen molar-refractivity contribution in [2.75, 3.05) is 0 Å². The quantitative estimate of drug-likeness (QED) is 0.0823. The molecular formula is C39H34N2O3. The van der Waals surface area contributed by atoms with E-state index in [0.29, 0.717) is 11.3 Å². The Hall–Kier alpha value is -5.29. The normalized spacial score (nSPS) is 11.7. The molecular weight excluding hydrogens is 544 g/mol. The number of oxime groups is 1. The van der Waals surface area contributed by atoms with E-state index < -0.39 is 5.97 Å². The van der Waals surface area contributed by atoms with Gasteiger partial charge in [-0.1, -0.05) is 78.3 Å². The Bertz CT molecular complexity index is 2060. The molecule has 44 heavy (non-hydrogen) atoms. The van der Waals surface area contributed by atoms with Crippen LogP contribution in [0.25, 0.3) is 27.5 Å². The van der Waals surface area contributed by atoms with Crippen molar-refractivity contribution in [3.8, 4) is 5.69 Å². The highest BCUT2D eigenvalue weighted by Crippen LogP contribution is 2.35. The molecule has 6 aromatic rings. The summed E-state index contributed by atoms with van der Waals surface area (Å²) in [6, 6.07) is 34.5. The topological polar surface area (TPSA) is 60.7 Å². The number of carbonyl (C=O) groups excluding carboxylic acids is 2. The third-order valence-corrected chi connectivity index (χ3v) is 8.12. The van der Waals surface area contributed by atoms with Crippen molar-refractivity contribution in [2.24, 2.45) is 5.16 Å². The lowest BCUT2D eigenvalue weighted by Crippen LogP contribution is -2.07. The minimum Gasteiger partial charge on any atom is -0.318 e. The number of hydrogen-bond acceptors (Lipinski definition) is 4. The summed E-state index contributed by atoms with van der Waals surface area (Å²) >= 11 is 0. The maximum absolute atomic E-state index is 14.0. The number of carbonyl (C=O) groups is 2. The Balaban J connectivity index is 1.60. The van der Waals surface area contributed by atoms with Gasteiger partial charge in [0.25, 0.3) is 0 Å². The van der Waals surface area contributed by atoms with Gasteiger partial charge in [-0.3, -0.25) is 4.79 Å². The third-order valence-electron chi connectivity index (χ3n) is 8.12. The first-order valence-electron chi connectivity index (χ1n) is 14.9. The van der Waals surface area contributed by atoms with Gasteiger partial charge in [0.15, 0.2) is 5.78 Å². The summed E-state index contributed by atoms with van der Waals surface area (Å²) in [4.78, 5) is 30.8. The molecule has 0 aliphatic carbocycles. The number of aryl methyl sites for hydroxylation is 4. The van der Waals surface area contributed by atoms with Gasteiger partial charge >= 0.3 is 5.97 Å². The van der Waals surface area contributed by atoms with Gasteiger partial charge in [0.05, 0.1) is 11.0 Å². The predicted octanol–water partition coefficient (Wildman–Crippen LogP) is 8.82. The largest absolute Gasteiger partial charge is 0.332 e. The van der Waals surface area contributed by atoms with Crippen LogP contribution in [-0.2, 0) is 16.1 Å². The molecule has 0 radical (unpaired) electrons. The van der Waals surface area contributed by atoms with Crippen LogP contribution in [0.4, 0.5) is 0 Å². The Kier molecular flexibility index (Phi) is 7.71. The van der Waals surface area contributed by atoms with Gasteiger partial charge < -0.3 is 9.40 Å². The molecule has 0 N–H and O–H groups in total. The summed E-state index contributed by atoms with van der Waals surface area (Å²) in [5.41, 5.74) is 10.9. The molecule has 1 heterocycles. The molecule has 0 spiro atoms. The van der Waals surface area contributed by atoms with Gasteiger partial charge in [-0.25, -0.2) is 4.79 Å². The second kappa shape index (κ2) is 11.8. The Labute approximate surface area is 257 Å². The second-order valence-electron chi connectivity index (χ2n) is 11.3. The zero-order chi connectivity index (χ0) is 31.0. The minimum absolute atomic E-state index is 0.00708. The van der Waals surface area contributed by atoms with E-state index in [0.717, 1.165) is 67.3 Å². The Morgan fingerprint density at radius 3 is 1.89 bits per heavy atom. The number of nitrogens with zero attached hydrogens (tertiary/aromatic N) is 2. The van der Waals surface area contributed by atoms with Gasteiger partial charge in [-0.05, 0) is 86.3 Å². The van der Waals surface area contributed by atoms with Crippen LogP contribution in [0, 0.1) is 20.8 Å². The molecule has 0 aliphatic heterocycles. The SMILES string of the molecule is CCc1ccc(-n2c3ccc(C(=O)c4c(C)cc(C)cc4C)cc3c3cc(C(=NOC(C)=O)c4ccccc4)ccc32)cc1. The first-order chi connectivity index (χ1) is 21.2. The first-order valence-corrected chi connectivity index (χ1v) is 14.9. The van der Waals surface area contributed by atoms with Crippen LogP contribution < -0.4 is 0 Å². The highest BCUT2D eigenvalue weighted by molar-refractivity contribution is 6.19. The van der Waals surface area contributed by atoms with Crippen LogP contribution in [0.3, 0.4) is 0 Å². The van der Waals surface area contributed by atoms with E-state index in [4.69, 9.17) is 4.84 Å². The van der Waals surface area contributed by atoms with Crippen LogP contribution in [0.2, 0.25) is 0 Å². The predicted molar refractivity (Wildman–Crippen MR) is 178 cm³/mol. The lowest BCUT2D eigenvalue weighted by Gasteiger charge is -2.11. The standard InChI is InChI=1S/C39H34N2O3/c1-6-28-12-16-32(17-13-28)41-35-18-14-30(38(40-44-27(5)42)29-10-8-7-9-11-29)22-33(35)34-23-31(15-19-36(34)41)39(43)37-25(3)20-24(2)21-26(37)4/h7-23H,6H2,1-5H3. The van der Waals surface area contributed by atoms with Crippen molar-refractivity contribution < 1.29 is 14.4 Å². The summed E-state index contributed by atoms with van der Waals surface area (Å²) < 4.78 is 2.23. The van der Waals surface area contributed by atoms with Crippen molar-refractivity contribution in [1.82, 2.24) is 4.57 Å². The third kappa shape index (κ3) is 5.33. The highest BCUT2D eigenvalue weighted by Gasteiger charge is 2.20. The zero-order valence-electron chi connectivity index (χ0n) is 25.6. The molecule has 6 rings (SSSR count). The van der Waals surface area contributed by atoms with Gasteiger partial charge in [-0.2, -0.15) is 0 Å². The molecule has 0 saturated heterocycles. The highest BCUT2D eigenvalue weighted by atomic mass is 16.7. The molecule has 0 fully saturated rings. The molecule has 0 unspecified atom stereocenters. The number of rotatable bonds is 7. The molecule has 5 heteroatoms. The maximum Gasteiger partial charge on any atom is 0.332 e. The number of ketones is 1. The van der Waals surface area contributed by atoms with Crippen LogP contribution in [0.5, 0.6) is 0 Å². The van der Waals surface area contributed by atoms with Crippen LogP contribution in [0.15, 0.2) is 108 Å². The monoisotopic (exact) mass is 578 g/mol.